The molecule has 0 bridgehead atoms. The molecule has 0 aliphatic rings. The minimum atomic E-state index is -0.471. The van der Waals surface area contributed by atoms with Crippen molar-refractivity contribution < 1.29 is 9.32 Å². The molecule has 0 fully saturated rings. The van der Waals surface area contributed by atoms with Gasteiger partial charge >= 0.3 is 0 Å². The quantitative estimate of drug-likeness (QED) is 0.456. The van der Waals surface area contributed by atoms with Gasteiger partial charge in [-0.1, -0.05) is 21.1 Å². The van der Waals surface area contributed by atoms with E-state index in [1.807, 2.05) is 5.43 Å². The lowest BCUT2D eigenvalue weighted by atomic mass is 10.2. The van der Waals surface area contributed by atoms with Gasteiger partial charge in [-0.3, -0.25) is 10.2 Å². The highest BCUT2D eigenvalue weighted by molar-refractivity contribution is 9.10. The van der Waals surface area contributed by atoms with E-state index in [1.165, 1.54) is 0 Å². The molecule has 0 aliphatic carbocycles. The minimum absolute atomic E-state index is 0.184. The zero-order chi connectivity index (χ0) is 10.1. The molecule has 1 aromatic heterocycles. The molecular formula is C8H6BrN3O2. The van der Waals surface area contributed by atoms with Gasteiger partial charge in [0.25, 0.3) is 5.91 Å². The predicted molar refractivity (Wildman–Crippen MR) is 53.4 cm³/mol. The molecule has 0 saturated carbocycles. The van der Waals surface area contributed by atoms with Crippen LogP contribution in [0.5, 0.6) is 0 Å². The van der Waals surface area contributed by atoms with Crippen LogP contribution in [0, 0.1) is 0 Å². The Morgan fingerprint density at radius 2 is 2.36 bits per heavy atom. The maximum atomic E-state index is 11.2. The Labute approximate surface area is 87.3 Å². The van der Waals surface area contributed by atoms with Gasteiger partial charge in [0.2, 0.25) is 0 Å². The molecule has 6 heteroatoms. The van der Waals surface area contributed by atoms with Gasteiger partial charge in [-0.2, -0.15) is 0 Å². The molecule has 1 heterocycles. The monoisotopic (exact) mass is 255 g/mol. The van der Waals surface area contributed by atoms with Crippen molar-refractivity contribution in [1.29, 1.82) is 0 Å². The van der Waals surface area contributed by atoms with Crippen LogP contribution in [-0.2, 0) is 0 Å². The number of rotatable bonds is 1. The minimum Gasteiger partial charge on any atom is -0.355 e. The number of nitrogen functional groups attached to an aromatic ring is 1. The second-order valence-electron chi connectivity index (χ2n) is 2.65. The highest BCUT2D eigenvalue weighted by Gasteiger charge is 2.14. The van der Waals surface area contributed by atoms with Gasteiger partial charge < -0.3 is 4.52 Å². The molecule has 1 aromatic carbocycles. The largest absolute Gasteiger partial charge is 0.355 e. The number of amides is 1. The van der Waals surface area contributed by atoms with Crippen molar-refractivity contribution in [3.8, 4) is 0 Å². The Kier molecular flexibility index (Phi) is 2.22. The third-order valence-corrected chi connectivity index (χ3v) is 2.27. The third-order valence-electron chi connectivity index (χ3n) is 1.78. The van der Waals surface area contributed by atoms with E-state index in [4.69, 9.17) is 10.4 Å². The van der Waals surface area contributed by atoms with Gasteiger partial charge in [0.15, 0.2) is 11.3 Å². The van der Waals surface area contributed by atoms with Crippen LogP contribution in [0.1, 0.15) is 10.5 Å². The van der Waals surface area contributed by atoms with Crippen molar-refractivity contribution in [2.75, 3.05) is 0 Å². The van der Waals surface area contributed by atoms with Crippen molar-refractivity contribution in [2.45, 2.75) is 0 Å². The zero-order valence-corrected chi connectivity index (χ0v) is 8.54. The van der Waals surface area contributed by atoms with Crippen molar-refractivity contribution in [3.05, 3.63) is 28.4 Å². The van der Waals surface area contributed by atoms with Gasteiger partial charge in [0.1, 0.15) is 0 Å². The van der Waals surface area contributed by atoms with E-state index in [0.717, 1.165) is 4.47 Å². The Morgan fingerprint density at radius 3 is 3.07 bits per heavy atom. The Bertz CT molecular complexity index is 494. The molecule has 14 heavy (non-hydrogen) atoms. The van der Waals surface area contributed by atoms with Crippen molar-refractivity contribution in [1.82, 2.24) is 10.6 Å². The summed E-state index contributed by atoms with van der Waals surface area (Å²) in [5, 5.41) is 4.25. The number of hydrogen-bond donors (Lipinski definition) is 2. The van der Waals surface area contributed by atoms with E-state index >= 15 is 0 Å². The molecule has 72 valence electrons. The zero-order valence-electron chi connectivity index (χ0n) is 6.95. The van der Waals surface area contributed by atoms with Crippen molar-refractivity contribution in [3.63, 3.8) is 0 Å². The van der Waals surface area contributed by atoms with Gasteiger partial charge in [0.05, 0.1) is 5.39 Å². The van der Waals surface area contributed by atoms with Crippen LogP contribution in [0.4, 0.5) is 0 Å². The number of nitrogens with one attached hydrogen (secondary N) is 1. The number of fused-ring (bicyclic) bond motifs is 1. The van der Waals surface area contributed by atoms with Crippen molar-refractivity contribution in [2.24, 2.45) is 5.84 Å². The summed E-state index contributed by atoms with van der Waals surface area (Å²) in [6.45, 7) is 0. The van der Waals surface area contributed by atoms with Crippen molar-refractivity contribution >= 4 is 32.8 Å². The molecule has 0 atom stereocenters. The first-order valence-electron chi connectivity index (χ1n) is 3.78. The average Bonchev–Trinajstić information content (AvgIpc) is 2.59. The molecule has 2 aromatic rings. The van der Waals surface area contributed by atoms with E-state index in [-0.39, 0.29) is 5.69 Å². The molecule has 3 N–H and O–H groups in total. The summed E-state index contributed by atoms with van der Waals surface area (Å²) in [7, 11) is 0. The predicted octanol–water partition coefficient (Wildman–Crippen LogP) is 1.19. The first-order chi connectivity index (χ1) is 6.72. The van der Waals surface area contributed by atoms with E-state index in [1.54, 1.807) is 18.2 Å². The second kappa shape index (κ2) is 3.39. The number of halogens is 1. The number of nitrogens with two attached hydrogens (primary N) is 1. The molecule has 5 nitrogen and oxygen atoms in total. The van der Waals surface area contributed by atoms with E-state index < -0.39 is 5.91 Å². The van der Waals surface area contributed by atoms with Gasteiger partial charge in [-0.05, 0) is 18.2 Å². The fourth-order valence-electron chi connectivity index (χ4n) is 1.14. The normalized spacial score (nSPS) is 10.4. The Morgan fingerprint density at radius 1 is 1.57 bits per heavy atom. The number of aromatic nitrogens is 1. The molecule has 0 saturated heterocycles. The van der Waals surface area contributed by atoms with Crippen LogP contribution in [0.15, 0.2) is 27.2 Å². The number of carbonyl (C=O) groups is 1. The van der Waals surface area contributed by atoms with Crippen LogP contribution >= 0.6 is 15.9 Å². The summed E-state index contributed by atoms with van der Waals surface area (Å²) >= 11 is 3.29. The maximum Gasteiger partial charge on any atom is 0.287 e. The summed E-state index contributed by atoms with van der Waals surface area (Å²) in [4.78, 5) is 11.2. The van der Waals surface area contributed by atoms with E-state index in [0.29, 0.717) is 11.0 Å². The topological polar surface area (TPSA) is 81.1 Å². The molecule has 0 unspecified atom stereocenters. The standard InChI is InChI=1S/C8H6BrN3O2/c9-4-1-2-6-5(3-4)7(12-14-6)8(13)11-10/h1-3H,10H2,(H,11,13). The Balaban J connectivity index is 2.67. The van der Waals surface area contributed by atoms with Gasteiger partial charge in [-0.15, -0.1) is 0 Å². The van der Waals surface area contributed by atoms with Crippen LogP contribution in [0.3, 0.4) is 0 Å². The summed E-state index contributed by atoms with van der Waals surface area (Å²) in [6.07, 6.45) is 0. The highest BCUT2D eigenvalue weighted by Crippen LogP contribution is 2.22. The van der Waals surface area contributed by atoms with Crippen LogP contribution in [0.2, 0.25) is 0 Å². The van der Waals surface area contributed by atoms with E-state index in [9.17, 15) is 4.79 Å². The van der Waals surface area contributed by atoms with Gasteiger partial charge in [-0.25, -0.2) is 5.84 Å². The number of hydrogen-bond acceptors (Lipinski definition) is 4. The summed E-state index contributed by atoms with van der Waals surface area (Å²) in [6, 6.07) is 5.27. The smallest absolute Gasteiger partial charge is 0.287 e. The fraction of sp³-hybridized carbons (Fsp3) is 0. The van der Waals surface area contributed by atoms with Gasteiger partial charge in [0, 0.05) is 4.47 Å². The number of carbonyl (C=O) groups excluding carboxylic acids is 1. The van der Waals surface area contributed by atoms with Crippen LogP contribution in [0.25, 0.3) is 11.0 Å². The lowest BCUT2D eigenvalue weighted by Gasteiger charge is -1.93. The third kappa shape index (κ3) is 1.38. The summed E-state index contributed by atoms with van der Waals surface area (Å²) < 4.78 is 5.79. The summed E-state index contributed by atoms with van der Waals surface area (Å²) in [5.74, 6) is 4.53. The van der Waals surface area contributed by atoms with E-state index in [2.05, 4.69) is 21.1 Å². The molecular weight excluding hydrogens is 250 g/mol. The number of benzene rings is 1. The molecule has 0 radical (unpaired) electrons. The number of hydrazine groups is 1. The summed E-state index contributed by atoms with van der Waals surface area (Å²) in [5.41, 5.74) is 2.73. The molecule has 0 spiro atoms. The maximum absolute atomic E-state index is 11.2. The fourth-order valence-corrected chi connectivity index (χ4v) is 1.50. The SMILES string of the molecule is NNC(=O)c1noc2ccc(Br)cc12. The highest BCUT2D eigenvalue weighted by atomic mass is 79.9. The average molecular weight is 256 g/mol. The molecule has 2 rings (SSSR count). The number of nitrogens with zero attached hydrogens (tertiary/aromatic N) is 1. The Hall–Kier alpha value is -1.40. The van der Waals surface area contributed by atoms with Crippen LogP contribution < -0.4 is 11.3 Å². The van der Waals surface area contributed by atoms with Crippen LogP contribution in [-0.4, -0.2) is 11.1 Å². The lowest BCUT2D eigenvalue weighted by Crippen LogP contribution is -2.30. The first kappa shape index (κ1) is 9.17. The molecule has 0 aliphatic heterocycles. The second-order valence-corrected chi connectivity index (χ2v) is 3.56. The lowest BCUT2D eigenvalue weighted by molar-refractivity contribution is 0.0946. The molecule has 1 amide bonds. The first-order valence-corrected chi connectivity index (χ1v) is 4.57.